The van der Waals surface area contributed by atoms with Gasteiger partial charge in [-0.15, -0.1) is 0 Å². The van der Waals surface area contributed by atoms with E-state index in [1.165, 1.54) is 24.3 Å². The maximum Gasteiger partial charge on any atom is 0.417 e. The minimum atomic E-state index is -4.70. The highest BCUT2D eigenvalue weighted by Crippen LogP contribution is 2.30. The molecule has 2 amide bonds. The molecule has 2 aromatic heterocycles. The number of fused-ring (bicyclic) bond motifs is 1. The second-order valence-corrected chi connectivity index (χ2v) is 12.7. The van der Waals surface area contributed by atoms with Gasteiger partial charge in [-0.1, -0.05) is 13.8 Å². The number of pyridine rings is 1. The SMILES string of the molecule is CC(C)C[C@H](NC(=O)c1cc2cc(F)ccc2o1)C(=O)N[C@H]1CC[C@@H](C)N(S(=O)(=O)c2ccc(C(F)(F)F)cn2)CC1=O. The van der Waals surface area contributed by atoms with E-state index >= 15 is 0 Å². The average molecular weight is 627 g/mol. The zero-order valence-corrected chi connectivity index (χ0v) is 24.3. The number of ketones is 1. The van der Waals surface area contributed by atoms with Gasteiger partial charge < -0.3 is 15.1 Å². The Hall–Kier alpha value is -3.85. The molecule has 0 spiro atoms. The Morgan fingerprint density at radius 2 is 1.86 bits per heavy atom. The van der Waals surface area contributed by atoms with Crippen molar-refractivity contribution in [2.24, 2.45) is 5.92 Å². The van der Waals surface area contributed by atoms with Crippen LogP contribution in [-0.4, -0.2) is 60.0 Å². The van der Waals surface area contributed by atoms with Gasteiger partial charge in [0, 0.05) is 17.6 Å². The zero-order chi connectivity index (χ0) is 31.7. The van der Waals surface area contributed by atoms with Crippen LogP contribution >= 0.6 is 0 Å². The monoisotopic (exact) mass is 626 g/mol. The summed E-state index contributed by atoms with van der Waals surface area (Å²) in [6, 6.07) is 3.52. The lowest BCUT2D eigenvalue weighted by atomic mass is 10.0. The van der Waals surface area contributed by atoms with Gasteiger partial charge in [0.25, 0.3) is 15.9 Å². The number of benzene rings is 1. The van der Waals surface area contributed by atoms with Crippen LogP contribution in [-0.2, 0) is 25.8 Å². The fraction of sp³-hybridized carbons (Fsp3) is 0.429. The molecule has 1 aliphatic rings. The third kappa shape index (κ3) is 7.39. The summed E-state index contributed by atoms with van der Waals surface area (Å²) in [5.74, 6) is -2.74. The Labute approximate surface area is 244 Å². The van der Waals surface area contributed by atoms with Crippen LogP contribution in [0.5, 0.6) is 0 Å². The Morgan fingerprint density at radius 1 is 1.14 bits per heavy atom. The number of sulfonamides is 1. The first-order chi connectivity index (χ1) is 20.1. The molecular weight excluding hydrogens is 596 g/mol. The summed E-state index contributed by atoms with van der Waals surface area (Å²) in [6.07, 6.45) is -3.87. The van der Waals surface area contributed by atoms with Crippen LogP contribution < -0.4 is 10.6 Å². The second-order valence-electron chi connectivity index (χ2n) is 10.8. The van der Waals surface area contributed by atoms with Crippen LogP contribution in [0.25, 0.3) is 11.0 Å². The molecule has 15 heteroatoms. The van der Waals surface area contributed by atoms with Gasteiger partial charge in [0.15, 0.2) is 16.6 Å². The molecule has 3 atom stereocenters. The van der Waals surface area contributed by atoms with Gasteiger partial charge in [-0.2, -0.15) is 17.5 Å². The lowest BCUT2D eigenvalue weighted by Gasteiger charge is -2.25. The van der Waals surface area contributed by atoms with E-state index in [1.54, 1.807) is 6.92 Å². The Balaban J connectivity index is 1.47. The third-order valence-corrected chi connectivity index (χ3v) is 8.93. The number of Topliss-reactive ketones (excluding diaryl/α,β-unsaturated/α-hetero) is 1. The molecule has 0 radical (unpaired) electrons. The topological polar surface area (TPSA) is 139 Å². The van der Waals surface area contributed by atoms with Gasteiger partial charge in [0.05, 0.1) is 18.2 Å². The average Bonchev–Trinajstić information content (AvgIpc) is 3.29. The van der Waals surface area contributed by atoms with Gasteiger partial charge in [-0.25, -0.2) is 17.8 Å². The fourth-order valence-electron chi connectivity index (χ4n) is 4.76. The number of hydrogen-bond donors (Lipinski definition) is 2. The number of hydrogen-bond acceptors (Lipinski definition) is 7. The van der Waals surface area contributed by atoms with Gasteiger partial charge in [0.1, 0.15) is 17.4 Å². The van der Waals surface area contributed by atoms with Gasteiger partial charge in [-0.3, -0.25) is 14.4 Å². The van der Waals surface area contributed by atoms with E-state index in [0.717, 1.165) is 10.4 Å². The van der Waals surface area contributed by atoms with Crippen molar-refractivity contribution in [3.05, 3.63) is 59.7 Å². The molecule has 3 heterocycles. The predicted molar refractivity (Wildman–Crippen MR) is 146 cm³/mol. The Morgan fingerprint density at radius 3 is 2.49 bits per heavy atom. The van der Waals surface area contributed by atoms with Crippen molar-refractivity contribution in [3.63, 3.8) is 0 Å². The first-order valence-corrected chi connectivity index (χ1v) is 14.9. The molecule has 1 aromatic carbocycles. The van der Waals surface area contributed by atoms with Crippen LogP contribution in [0.4, 0.5) is 17.6 Å². The number of carbonyl (C=O) groups is 3. The number of carbonyl (C=O) groups excluding carboxylic acids is 3. The summed E-state index contributed by atoms with van der Waals surface area (Å²) in [7, 11) is -4.44. The predicted octanol–water partition coefficient (Wildman–Crippen LogP) is 4.06. The summed E-state index contributed by atoms with van der Waals surface area (Å²) in [4.78, 5) is 42.9. The van der Waals surface area contributed by atoms with Crippen molar-refractivity contribution in [3.8, 4) is 0 Å². The fourth-order valence-corrected chi connectivity index (χ4v) is 6.30. The van der Waals surface area contributed by atoms with Crippen molar-refractivity contribution in [2.45, 2.75) is 69.4 Å². The molecule has 0 saturated carbocycles. The highest BCUT2D eigenvalue weighted by Gasteiger charge is 2.39. The smallest absolute Gasteiger partial charge is 0.417 e. The summed E-state index contributed by atoms with van der Waals surface area (Å²) < 4.78 is 85.0. The molecule has 4 rings (SSSR count). The number of alkyl halides is 3. The number of rotatable bonds is 8. The van der Waals surface area contributed by atoms with E-state index in [1.807, 2.05) is 13.8 Å². The molecule has 3 aromatic rings. The highest BCUT2D eigenvalue weighted by atomic mass is 32.2. The van der Waals surface area contributed by atoms with Crippen LogP contribution in [0.15, 0.2) is 52.0 Å². The van der Waals surface area contributed by atoms with E-state index in [0.29, 0.717) is 17.6 Å². The van der Waals surface area contributed by atoms with Gasteiger partial charge in [0.2, 0.25) is 5.91 Å². The number of amides is 2. The minimum Gasteiger partial charge on any atom is -0.451 e. The van der Waals surface area contributed by atoms with Crippen LogP contribution in [0.2, 0.25) is 0 Å². The minimum absolute atomic E-state index is 0.0532. The third-order valence-electron chi connectivity index (χ3n) is 7.05. The molecule has 1 fully saturated rings. The number of halogens is 4. The zero-order valence-electron chi connectivity index (χ0n) is 23.4. The van der Waals surface area contributed by atoms with E-state index in [9.17, 15) is 40.4 Å². The molecule has 1 saturated heterocycles. The first-order valence-electron chi connectivity index (χ1n) is 13.4. The number of nitrogens with one attached hydrogen (secondary N) is 2. The largest absolute Gasteiger partial charge is 0.451 e. The molecule has 0 bridgehead atoms. The van der Waals surface area contributed by atoms with Crippen molar-refractivity contribution in [1.82, 2.24) is 19.9 Å². The Bertz CT molecular complexity index is 1620. The molecule has 232 valence electrons. The molecule has 0 aliphatic carbocycles. The van der Waals surface area contributed by atoms with E-state index in [2.05, 4.69) is 15.6 Å². The quantitative estimate of drug-likeness (QED) is 0.360. The van der Waals surface area contributed by atoms with Crippen molar-refractivity contribution < 1.29 is 44.8 Å². The first kappa shape index (κ1) is 32.1. The molecule has 0 unspecified atom stereocenters. The van der Waals surface area contributed by atoms with Crippen LogP contribution in [0.1, 0.15) is 56.2 Å². The molecular formula is C28H30F4N4O6S. The maximum absolute atomic E-state index is 13.5. The molecule has 1 aliphatic heterocycles. The van der Waals surface area contributed by atoms with E-state index < -0.39 is 74.9 Å². The van der Waals surface area contributed by atoms with Crippen molar-refractivity contribution in [2.75, 3.05) is 6.54 Å². The van der Waals surface area contributed by atoms with Crippen LogP contribution in [0.3, 0.4) is 0 Å². The summed E-state index contributed by atoms with van der Waals surface area (Å²) in [5, 5.41) is 4.93. The lowest BCUT2D eigenvalue weighted by molar-refractivity contribution is -0.137. The van der Waals surface area contributed by atoms with E-state index in [4.69, 9.17) is 4.42 Å². The lowest BCUT2D eigenvalue weighted by Crippen LogP contribution is -2.52. The van der Waals surface area contributed by atoms with Crippen molar-refractivity contribution in [1.29, 1.82) is 0 Å². The Kier molecular flexibility index (Phi) is 9.25. The summed E-state index contributed by atoms with van der Waals surface area (Å²) in [5.41, 5.74) is -0.841. The van der Waals surface area contributed by atoms with Crippen molar-refractivity contribution >= 4 is 38.6 Å². The van der Waals surface area contributed by atoms with Crippen LogP contribution in [0, 0.1) is 11.7 Å². The second kappa shape index (κ2) is 12.4. The maximum atomic E-state index is 13.5. The number of nitrogens with zero attached hydrogens (tertiary/aromatic N) is 2. The molecule has 2 N–H and O–H groups in total. The van der Waals surface area contributed by atoms with Gasteiger partial charge >= 0.3 is 6.18 Å². The number of furan rings is 1. The van der Waals surface area contributed by atoms with Gasteiger partial charge in [-0.05, 0) is 68.5 Å². The number of aromatic nitrogens is 1. The highest BCUT2D eigenvalue weighted by molar-refractivity contribution is 7.89. The normalized spacial score (nSPS) is 19.3. The molecule has 43 heavy (non-hydrogen) atoms. The standard InChI is InChI=1S/C28H30F4N4O6S/c1-15(2)10-21(35-27(39)24-12-17-11-19(29)6-8-23(17)42-24)26(38)34-20-7-4-16(3)36(14-22(20)37)43(40,41)25-9-5-18(13-33-25)28(30,31)32/h5-6,8-9,11-13,15-16,20-21H,4,7,10,14H2,1-3H3,(H,34,38)(H,35,39)/t16-,20+,21+/m1/s1. The summed E-state index contributed by atoms with van der Waals surface area (Å²) >= 11 is 0. The molecule has 10 nitrogen and oxygen atoms in total. The summed E-state index contributed by atoms with van der Waals surface area (Å²) in [6.45, 7) is 4.55. The van der Waals surface area contributed by atoms with E-state index in [-0.39, 0.29) is 36.5 Å².